The molecular weight excluding hydrogens is 246 g/mol. The van der Waals surface area contributed by atoms with Gasteiger partial charge in [-0.2, -0.15) is 10.1 Å². The summed E-state index contributed by atoms with van der Waals surface area (Å²) in [5.74, 6) is 1.54. The number of nitrogen functional groups attached to an aromatic ring is 1. The van der Waals surface area contributed by atoms with Crippen molar-refractivity contribution < 1.29 is 4.52 Å². The SMILES string of the molecule is CCn1nc(C)c2nc(N)n(Cc3noc(C)n3)c21. The smallest absolute Gasteiger partial charge is 0.223 e. The summed E-state index contributed by atoms with van der Waals surface area (Å²) >= 11 is 0. The van der Waals surface area contributed by atoms with E-state index in [2.05, 4.69) is 20.2 Å². The Hall–Kier alpha value is -2.38. The molecular formula is C11H15N7O. The number of nitrogens with two attached hydrogens (primary N) is 1. The topological polar surface area (TPSA) is 101 Å². The van der Waals surface area contributed by atoms with E-state index in [4.69, 9.17) is 10.3 Å². The summed E-state index contributed by atoms with van der Waals surface area (Å²) in [5.41, 5.74) is 8.54. The van der Waals surface area contributed by atoms with Gasteiger partial charge in [-0.25, -0.2) is 9.67 Å². The normalized spacial score (nSPS) is 11.5. The van der Waals surface area contributed by atoms with Crippen LogP contribution in [0.15, 0.2) is 4.52 Å². The van der Waals surface area contributed by atoms with Crippen LogP contribution in [0.2, 0.25) is 0 Å². The van der Waals surface area contributed by atoms with Gasteiger partial charge in [0, 0.05) is 13.5 Å². The van der Waals surface area contributed by atoms with E-state index >= 15 is 0 Å². The first kappa shape index (κ1) is 11.7. The number of aromatic nitrogens is 6. The molecule has 0 fully saturated rings. The average Bonchev–Trinajstić information content (AvgIpc) is 3.00. The van der Waals surface area contributed by atoms with Crippen molar-refractivity contribution >= 4 is 17.1 Å². The summed E-state index contributed by atoms with van der Waals surface area (Å²) in [4.78, 5) is 8.54. The van der Waals surface area contributed by atoms with Gasteiger partial charge in [0.1, 0.15) is 5.52 Å². The van der Waals surface area contributed by atoms with Crippen molar-refractivity contribution in [1.82, 2.24) is 29.5 Å². The maximum absolute atomic E-state index is 5.97. The predicted octanol–water partition coefficient (Wildman–Crippen LogP) is 0.883. The van der Waals surface area contributed by atoms with Crippen molar-refractivity contribution in [2.24, 2.45) is 0 Å². The summed E-state index contributed by atoms with van der Waals surface area (Å²) in [6.45, 7) is 6.87. The molecule has 0 atom stereocenters. The van der Waals surface area contributed by atoms with Crippen LogP contribution in [-0.2, 0) is 13.1 Å². The van der Waals surface area contributed by atoms with Crippen LogP contribution in [0.5, 0.6) is 0 Å². The molecule has 0 saturated carbocycles. The van der Waals surface area contributed by atoms with Crippen LogP contribution in [0.3, 0.4) is 0 Å². The van der Waals surface area contributed by atoms with Gasteiger partial charge in [0.2, 0.25) is 11.8 Å². The van der Waals surface area contributed by atoms with Crippen molar-refractivity contribution in [1.29, 1.82) is 0 Å². The van der Waals surface area contributed by atoms with Gasteiger partial charge in [-0.3, -0.25) is 4.57 Å². The number of anilines is 1. The third kappa shape index (κ3) is 1.76. The molecule has 0 aliphatic rings. The largest absolute Gasteiger partial charge is 0.369 e. The molecule has 0 aliphatic heterocycles. The second-order valence-corrected chi connectivity index (χ2v) is 4.36. The zero-order valence-electron chi connectivity index (χ0n) is 11.1. The molecule has 8 nitrogen and oxygen atoms in total. The number of hydrogen-bond donors (Lipinski definition) is 1. The van der Waals surface area contributed by atoms with Crippen LogP contribution in [-0.4, -0.2) is 29.5 Å². The molecule has 8 heteroatoms. The summed E-state index contributed by atoms with van der Waals surface area (Å²) in [5, 5.41) is 8.31. The lowest BCUT2D eigenvalue weighted by molar-refractivity contribution is 0.386. The van der Waals surface area contributed by atoms with Gasteiger partial charge in [-0.1, -0.05) is 5.16 Å². The van der Waals surface area contributed by atoms with Crippen molar-refractivity contribution in [3.05, 3.63) is 17.4 Å². The molecule has 0 saturated heterocycles. The van der Waals surface area contributed by atoms with Gasteiger partial charge in [-0.15, -0.1) is 0 Å². The maximum Gasteiger partial charge on any atom is 0.223 e. The highest BCUT2D eigenvalue weighted by Gasteiger charge is 2.18. The molecule has 2 N–H and O–H groups in total. The first-order chi connectivity index (χ1) is 9.10. The van der Waals surface area contributed by atoms with Gasteiger partial charge in [0.25, 0.3) is 0 Å². The molecule has 3 rings (SSSR count). The van der Waals surface area contributed by atoms with Crippen molar-refractivity contribution in [3.63, 3.8) is 0 Å². The lowest BCUT2D eigenvalue weighted by Crippen LogP contribution is -2.10. The van der Waals surface area contributed by atoms with E-state index < -0.39 is 0 Å². The van der Waals surface area contributed by atoms with Crippen molar-refractivity contribution in [2.75, 3.05) is 5.73 Å². The Balaban J connectivity index is 2.14. The minimum atomic E-state index is 0.421. The minimum absolute atomic E-state index is 0.421. The Morgan fingerprint density at radius 3 is 2.68 bits per heavy atom. The third-order valence-electron chi connectivity index (χ3n) is 3.00. The number of nitrogens with zero attached hydrogens (tertiary/aromatic N) is 6. The van der Waals surface area contributed by atoms with E-state index in [9.17, 15) is 0 Å². The van der Waals surface area contributed by atoms with Gasteiger partial charge in [0.15, 0.2) is 11.5 Å². The molecule has 0 bridgehead atoms. The number of hydrogen-bond acceptors (Lipinski definition) is 6. The Morgan fingerprint density at radius 1 is 1.26 bits per heavy atom. The Labute approximate surface area is 109 Å². The number of fused-ring (bicyclic) bond motifs is 1. The molecule has 0 unspecified atom stereocenters. The standard InChI is InChI=1S/C11H15N7O/c1-4-18-10-9(6(2)15-18)14-11(12)17(10)5-8-13-7(3)19-16-8/h4-5H2,1-3H3,(H2,12,14). The molecule has 19 heavy (non-hydrogen) atoms. The number of rotatable bonds is 3. The number of imidazole rings is 1. The fourth-order valence-electron chi connectivity index (χ4n) is 2.16. The summed E-state index contributed by atoms with van der Waals surface area (Å²) in [6.07, 6.45) is 0. The van der Waals surface area contributed by atoms with Crippen molar-refractivity contribution in [3.8, 4) is 0 Å². The van der Waals surface area contributed by atoms with Crippen LogP contribution in [0.25, 0.3) is 11.2 Å². The average molecular weight is 261 g/mol. The van der Waals surface area contributed by atoms with Gasteiger partial charge in [-0.05, 0) is 13.8 Å². The summed E-state index contributed by atoms with van der Waals surface area (Å²) in [7, 11) is 0. The quantitative estimate of drug-likeness (QED) is 0.751. The molecule has 0 aromatic carbocycles. The molecule has 100 valence electrons. The summed E-state index contributed by atoms with van der Waals surface area (Å²) in [6, 6.07) is 0. The molecule has 0 amide bonds. The van der Waals surface area contributed by atoms with E-state index in [-0.39, 0.29) is 0 Å². The van der Waals surface area contributed by atoms with Crippen LogP contribution >= 0.6 is 0 Å². The zero-order chi connectivity index (χ0) is 13.6. The van der Waals surface area contributed by atoms with E-state index in [1.165, 1.54) is 0 Å². The second-order valence-electron chi connectivity index (χ2n) is 4.36. The molecule has 3 heterocycles. The monoisotopic (exact) mass is 261 g/mol. The van der Waals surface area contributed by atoms with Gasteiger partial charge >= 0.3 is 0 Å². The maximum atomic E-state index is 5.97. The van der Waals surface area contributed by atoms with E-state index in [0.29, 0.717) is 24.2 Å². The fraction of sp³-hybridized carbons (Fsp3) is 0.455. The minimum Gasteiger partial charge on any atom is -0.369 e. The van der Waals surface area contributed by atoms with E-state index in [0.717, 1.165) is 23.4 Å². The van der Waals surface area contributed by atoms with Gasteiger partial charge < -0.3 is 10.3 Å². The van der Waals surface area contributed by atoms with Crippen LogP contribution in [0.4, 0.5) is 5.95 Å². The van der Waals surface area contributed by atoms with E-state index in [1.807, 2.05) is 23.1 Å². The Morgan fingerprint density at radius 2 is 2.05 bits per heavy atom. The highest BCUT2D eigenvalue weighted by atomic mass is 16.5. The molecule has 3 aromatic rings. The highest BCUT2D eigenvalue weighted by Crippen LogP contribution is 2.21. The first-order valence-corrected chi connectivity index (χ1v) is 6.08. The van der Waals surface area contributed by atoms with E-state index in [1.54, 1.807) is 6.92 Å². The lowest BCUT2D eigenvalue weighted by Gasteiger charge is -2.04. The van der Waals surface area contributed by atoms with Crippen LogP contribution < -0.4 is 5.73 Å². The predicted molar refractivity (Wildman–Crippen MR) is 68.5 cm³/mol. The molecule has 3 aromatic heterocycles. The fourth-order valence-corrected chi connectivity index (χ4v) is 2.16. The molecule has 0 radical (unpaired) electrons. The Bertz CT molecular complexity index is 736. The molecule has 0 spiro atoms. The lowest BCUT2D eigenvalue weighted by atomic mass is 10.4. The first-order valence-electron chi connectivity index (χ1n) is 6.08. The third-order valence-corrected chi connectivity index (χ3v) is 3.00. The second kappa shape index (κ2) is 4.08. The van der Waals surface area contributed by atoms with Crippen LogP contribution in [0.1, 0.15) is 24.3 Å². The van der Waals surface area contributed by atoms with Gasteiger partial charge in [0.05, 0.1) is 12.2 Å². The number of aryl methyl sites for hydroxylation is 3. The molecule has 0 aliphatic carbocycles. The Kier molecular flexibility index (Phi) is 2.51. The highest BCUT2D eigenvalue weighted by molar-refractivity contribution is 5.77. The summed E-state index contributed by atoms with van der Waals surface area (Å²) < 4.78 is 8.70. The van der Waals surface area contributed by atoms with Crippen molar-refractivity contribution in [2.45, 2.75) is 33.9 Å². The zero-order valence-corrected chi connectivity index (χ0v) is 11.1. The van der Waals surface area contributed by atoms with Crippen LogP contribution in [0, 0.1) is 13.8 Å².